The van der Waals surface area contributed by atoms with Gasteiger partial charge in [0.15, 0.2) is 6.10 Å². The lowest BCUT2D eigenvalue weighted by molar-refractivity contribution is -0.161. The first kappa shape index (κ1) is 56.2. The van der Waals surface area contributed by atoms with Gasteiger partial charge in [-0.15, -0.1) is 0 Å². The quantitative estimate of drug-likeness (QED) is 0.0231. The zero-order chi connectivity index (χ0) is 43.5. The van der Waals surface area contributed by atoms with Gasteiger partial charge in [0.25, 0.3) is 0 Å². The number of allylic oxidation sites excluding steroid dienone is 10. The summed E-state index contributed by atoms with van der Waals surface area (Å²) in [5.41, 5.74) is 5.34. The Morgan fingerprint density at radius 2 is 0.949 bits per heavy atom. The maximum absolute atomic E-state index is 12.6. The Kier molecular flexibility index (Phi) is 39.9. The van der Waals surface area contributed by atoms with Gasteiger partial charge in [-0.25, -0.2) is 4.57 Å². The molecule has 0 aliphatic rings. The standard InChI is InChI=1S/C47H82NO10P/c1-3-5-7-9-11-13-15-17-19-21-22-23-25-27-29-31-33-35-37-39-46(50)58-43(41-56-59(53,54)57-42-44(48)47(51)52)40-55-45(49)38-36-34-32-30-28-26-24-20-18-16-14-12-10-8-6-4-2/h5,7,11,13,17,19-20,22-24,43-44H,3-4,6,8-10,12,14-16,18,21,25-42,48H2,1-2H3,(H,51,52)(H,53,54)/b7-5-,13-11-,19-17-,23-22-,24-20-. The van der Waals surface area contributed by atoms with Crippen molar-refractivity contribution in [3.05, 3.63) is 60.8 Å². The molecule has 0 heterocycles. The van der Waals surface area contributed by atoms with Gasteiger partial charge in [0.1, 0.15) is 12.6 Å². The lowest BCUT2D eigenvalue weighted by atomic mass is 10.1. The largest absolute Gasteiger partial charge is 0.480 e. The number of carbonyl (C=O) groups is 3. The minimum Gasteiger partial charge on any atom is -0.480 e. The summed E-state index contributed by atoms with van der Waals surface area (Å²) in [6.07, 6.45) is 48.5. The highest BCUT2D eigenvalue weighted by atomic mass is 31.2. The van der Waals surface area contributed by atoms with Crippen LogP contribution in [0.4, 0.5) is 0 Å². The van der Waals surface area contributed by atoms with E-state index in [1.54, 1.807) is 0 Å². The molecule has 0 saturated heterocycles. The lowest BCUT2D eigenvalue weighted by Gasteiger charge is -2.20. The predicted molar refractivity (Wildman–Crippen MR) is 240 cm³/mol. The monoisotopic (exact) mass is 852 g/mol. The van der Waals surface area contributed by atoms with Crippen molar-refractivity contribution in [3.63, 3.8) is 0 Å². The molecule has 59 heavy (non-hydrogen) atoms. The van der Waals surface area contributed by atoms with Crippen LogP contribution in [-0.4, -0.2) is 59.9 Å². The molecule has 0 aromatic heterocycles. The van der Waals surface area contributed by atoms with Crippen LogP contribution in [0.3, 0.4) is 0 Å². The van der Waals surface area contributed by atoms with E-state index in [-0.39, 0.29) is 19.4 Å². The summed E-state index contributed by atoms with van der Waals surface area (Å²) in [6, 6.07) is -1.53. The molecular weight excluding hydrogens is 769 g/mol. The van der Waals surface area contributed by atoms with Gasteiger partial charge in [-0.3, -0.25) is 23.4 Å². The van der Waals surface area contributed by atoms with Gasteiger partial charge in [0.2, 0.25) is 0 Å². The topological polar surface area (TPSA) is 172 Å². The van der Waals surface area contributed by atoms with Gasteiger partial charge in [-0.1, -0.05) is 158 Å². The first-order chi connectivity index (χ1) is 28.6. The first-order valence-corrected chi connectivity index (χ1v) is 24.3. The summed E-state index contributed by atoms with van der Waals surface area (Å²) >= 11 is 0. The second-order valence-corrected chi connectivity index (χ2v) is 16.6. The average Bonchev–Trinajstić information content (AvgIpc) is 3.21. The molecule has 4 N–H and O–H groups in total. The minimum absolute atomic E-state index is 0.141. The van der Waals surface area contributed by atoms with E-state index in [2.05, 4.69) is 79.1 Å². The van der Waals surface area contributed by atoms with Crippen LogP contribution >= 0.6 is 7.82 Å². The Hall–Kier alpha value is -2.82. The molecule has 0 aromatic carbocycles. The van der Waals surface area contributed by atoms with Crippen molar-refractivity contribution in [3.8, 4) is 0 Å². The predicted octanol–water partition coefficient (Wildman–Crippen LogP) is 12.3. The van der Waals surface area contributed by atoms with Crippen LogP contribution in [0.2, 0.25) is 0 Å². The third-order valence-corrected chi connectivity index (χ3v) is 10.5. The molecule has 0 rings (SSSR count). The molecule has 3 atom stereocenters. The maximum atomic E-state index is 12.6. The number of carboxylic acid groups (broad SMARTS) is 1. The van der Waals surface area contributed by atoms with Crippen molar-refractivity contribution in [1.29, 1.82) is 0 Å². The number of phosphoric ester groups is 1. The van der Waals surface area contributed by atoms with Crippen molar-refractivity contribution in [2.24, 2.45) is 5.73 Å². The SMILES string of the molecule is CC/C=C\C/C=C\C/C=C\C/C=C\CCCCCCCCC(=O)OC(COC(=O)CCCCCCC/C=C\CCCCCCCCC)COP(=O)(O)OCC(N)C(=O)O. The third-order valence-electron chi connectivity index (χ3n) is 9.50. The number of nitrogens with two attached hydrogens (primary N) is 1. The van der Waals surface area contributed by atoms with Crippen molar-refractivity contribution < 1.29 is 47.5 Å². The van der Waals surface area contributed by atoms with E-state index in [1.807, 2.05) is 0 Å². The zero-order valence-corrected chi connectivity index (χ0v) is 37.7. The van der Waals surface area contributed by atoms with Crippen molar-refractivity contribution in [2.75, 3.05) is 19.8 Å². The molecule has 3 unspecified atom stereocenters. The number of aliphatic carboxylic acids is 1. The minimum atomic E-state index is -4.73. The molecule has 0 radical (unpaired) electrons. The summed E-state index contributed by atoms with van der Waals surface area (Å²) in [7, 11) is -4.73. The highest BCUT2D eigenvalue weighted by Crippen LogP contribution is 2.43. The third kappa shape index (κ3) is 41.7. The van der Waals surface area contributed by atoms with Gasteiger partial charge >= 0.3 is 25.7 Å². The van der Waals surface area contributed by atoms with Crippen LogP contribution in [0.25, 0.3) is 0 Å². The number of unbranched alkanes of at least 4 members (excludes halogenated alkanes) is 18. The molecule has 12 heteroatoms. The van der Waals surface area contributed by atoms with Gasteiger partial charge in [-0.2, -0.15) is 0 Å². The lowest BCUT2D eigenvalue weighted by Crippen LogP contribution is -2.34. The maximum Gasteiger partial charge on any atom is 0.472 e. The van der Waals surface area contributed by atoms with Crippen LogP contribution in [-0.2, 0) is 37.5 Å². The van der Waals surface area contributed by atoms with Gasteiger partial charge in [-0.05, 0) is 77.0 Å². The fourth-order valence-electron chi connectivity index (χ4n) is 5.93. The van der Waals surface area contributed by atoms with E-state index in [0.29, 0.717) is 12.8 Å². The summed E-state index contributed by atoms with van der Waals surface area (Å²) < 4.78 is 32.7. The number of phosphoric acid groups is 1. The molecule has 0 saturated carbocycles. The fourth-order valence-corrected chi connectivity index (χ4v) is 6.71. The Balaban J connectivity index is 4.38. The summed E-state index contributed by atoms with van der Waals surface area (Å²) in [4.78, 5) is 46.0. The fraction of sp³-hybridized carbons (Fsp3) is 0.723. The number of carboxylic acids is 1. The molecule has 0 spiro atoms. The van der Waals surface area contributed by atoms with E-state index < -0.39 is 51.1 Å². The van der Waals surface area contributed by atoms with Crippen molar-refractivity contribution in [2.45, 2.75) is 199 Å². The second-order valence-electron chi connectivity index (χ2n) is 15.1. The smallest absolute Gasteiger partial charge is 0.472 e. The molecule has 0 bridgehead atoms. The zero-order valence-electron chi connectivity index (χ0n) is 36.8. The van der Waals surface area contributed by atoms with Gasteiger partial charge < -0.3 is 25.2 Å². The number of esters is 2. The molecule has 0 aliphatic heterocycles. The van der Waals surface area contributed by atoms with Crippen molar-refractivity contribution >= 4 is 25.7 Å². The van der Waals surface area contributed by atoms with Crippen LogP contribution in [0, 0.1) is 0 Å². The normalized spacial score (nSPS) is 14.2. The molecule has 340 valence electrons. The highest BCUT2D eigenvalue weighted by Gasteiger charge is 2.28. The van der Waals surface area contributed by atoms with Gasteiger partial charge in [0, 0.05) is 12.8 Å². The van der Waals surface area contributed by atoms with E-state index >= 15 is 0 Å². The van der Waals surface area contributed by atoms with Crippen LogP contribution in [0.15, 0.2) is 60.8 Å². The molecule has 11 nitrogen and oxygen atoms in total. The Bertz CT molecular complexity index is 1230. The average molecular weight is 852 g/mol. The van der Waals surface area contributed by atoms with Crippen molar-refractivity contribution in [1.82, 2.24) is 0 Å². The van der Waals surface area contributed by atoms with E-state index in [9.17, 15) is 23.8 Å². The summed E-state index contributed by atoms with van der Waals surface area (Å²) in [5, 5.41) is 8.90. The number of carbonyl (C=O) groups excluding carboxylic acids is 2. The van der Waals surface area contributed by atoms with Crippen LogP contribution in [0.5, 0.6) is 0 Å². The number of ether oxygens (including phenoxy) is 2. The van der Waals surface area contributed by atoms with Crippen LogP contribution < -0.4 is 5.73 Å². The first-order valence-electron chi connectivity index (χ1n) is 22.8. The molecule has 0 aromatic rings. The van der Waals surface area contributed by atoms with E-state index in [1.165, 1.54) is 44.9 Å². The van der Waals surface area contributed by atoms with E-state index in [0.717, 1.165) is 103 Å². The molecule has 0 amide bonds. The summed E-state index contributed by atoms with van der Waals surface area (Å²) in [6.45, 7) is 2.67. The molecular formula is C47H82NO10P. The van der Waals surface area contributed by atoms with E-state index in [4.69, 9.17) is 24.8 Å². The highest BCUT2D eigenvalue weighted by molar-refractivity contribution is 7.47. The van der Waals surface area contributed by atoms with Gasteiger partial charge in [0.05, 0.1) is 13.2 Å². The second kappa shape index (κ2) is 41.9. The Morgan fingerprint density at radius 1 is 0.542 bits per heavy atom. The Labute approximate surface area is 357 Å². The number of rotatable bonds is 42. The number of hydrogen-bond acceptors (Lipinski definition) is 9. The number of hydrogen-bond donors (Lipinski definition) is 3. The Morgan fingerprint density at radius 3 is 1.44 bits per heavy atom. The molecule has 0 fully saturated rings. The summed E-state index contributed by atoms with van der Waals surface area (Å²) in [5.74, 6) is -2.41. The van der Waals surface area contributed by atoms with Crippen LogP contribution in [0.1, 0.15) is 187 Å². The molecule has 0 aliphatic carbocycles.